The van der Waals surface area contributed by atoms with Gasteiger partial charge in [0.25, 0.3) is 0 Å². The van der Waals surface area contributed by atoms with E-state index in [-0.39, 0.29) is 6.03 Å². The van der Waals surface area contributed by atoms with Gasteiger partial charge in [-0.3, -0.25) is 0 Å². The number of carbonyl (C=O) groups is 1. The van der Waals surface area contributed by atoms with E-state index in [4.69, 9.17) is 18.9 Å². The molecule has 1 aliphatic rings. The predicted molar refractivity (Wildman–Crippen MR) is 73.9 cm³/mol. The Morgan fingerprint density at radius 1 is 0.800 bits per heavy atom. The van der Waals surface area contributed by atoms with Crippen molar-refractivity contribution in [2.75, 3.05) is 80.0 Å². The molecule has 0 bridgehead atoms. The first-order valence-corrected chi connectivity index (χ1v) is 6.96. The van der Waals surface area contributed by atoms with Gasteiger partial charge in [-0.15, -0.1) is 0 Å². The Morgan fingerprint density at radius 3 is 1.65 bits per heavy atom. The summed E-state index contributed by atoms with van der Waals surface area (Å²) in [4.78, 5) is 15.7. The first kappa shape index (κ1) is 17.2. The van der Waals surface area contributed by atoms with Crippen LogP contribution in [0.5, 0.6) is 0 Å². The van der Waals surface area contributed by atoms with Crippen LogP contribution in [0.15, 0.2) is 0 Å². The maximum atomic E-state index is 12.0. The Hall–Kier alpha value is -0.890. The first-order valence-electron chi connectivity index (χ1n) is 6.96. The molecule has 0 atom stereocenters. The molecule has 0 aromatic heterocycles. The van der Waals surface area contributed by atoms with Crippen molar-refractivity contribution in [1.82, 2.24) is 9.80 Å². The van der Waals surface area contributed by atoms with Crippen LogP contribution in [0.2, 0.25) is 0 Å². The fourth-order valence-corrected chi connectivity index (χ4v) is 1.89. The minimum Gasteiger partial charge on any atom is -0.382 e. The van der Waals surface area contributed by atoms with Crippen LogP contribution < -0.4 is 0 Å². The summed E-state index contributed by atoms with van der Waals surface area (Å²) in [7, 11) is 3.28. The molecular formula is C13H26N2O5. The van der Waals surface area contributed by atoms with Crippen LogP contribution in [-0.4, -0.2) is 95.9 Å². The van der Waals surface area contributed by atoms with Crippen molar-refractivity contribution in [3.05, 3.63) is 0 Å². The van der Waals surface area contributed by atoms with Crippen LogP contribution in [0.25, 0.3) is 0 Å². The smallest absolute Gasteiger partial charge is 0.320 e. The summed E-state index contributed by atoms with van der Waals surface area (Å²) in [6.07, 6.45) is 0. The quantitative estimate of drug-likeness (QED) is 0.475. The van der Waals surface area contributed by atoms with Gasteiger partial charge in [-0.25, -0.2) is 4.79 Å². The molecule has 0 N–H and O–H groups in total. The summed E-state index contributed by atoms with van der Waals surface area (Å²) < 4.78 is 20.5. The zero-order valence-corrected chi connectivity index (χ0v) is 12.5. The number of carbonyl (C=O) groups excluding carboxylic acids is 1. The number of methoxy groups -OCH3 is 2. The second kappa shape index (κ2) is 10.8. The zero-order chi connectivity index (χ0) is 14.6. The summed E-state index contributed by atoms with van der Waals surface area (Å²) in [6.45, 7) is 6.16. The lowest BCUT2D eigenvalue weighted by Crippen LogP contribution is -2.35. The van der Waals surface area contributed by atoms with Gasteiger partial charge in [-0.2, -0.15) is 0 Å². The standard InChI is InChI=1S/C13H26N2O5/c1-17-9-11-19-7-5-14-3-4-15(13(14)16)6-8-20-12-10-18-2/h3-12H2,1-2H3. The third kappa shape index (κ3) is 6.51. The first-order chi connectivity index (χ1) is 9.79. The normalized spacial score (nSPS) is 15.4. The molecular weight excluding hydrogens is 264 g/mol. The van der Waals surface area contributed by atoms with Crippen LogP contribution in [-0.2, 0) is 18.9 Å². The lowest BCUT2D eigenvalue weighted by atomic mass is 10.5. The molecule has 1 rings (SSSR count). The van der Waals surface area contributed by atoms with Gasteiger partial charge in [-0.05, 0) is 0 Å². The van der Waals surface area contributed by atoms with E-state index in [9.17, 15) is 4.79 Å². The topological polar surface area (TPSA) is 60.5 Å². The number of amides is 2. The maximum absolute atomic E-state index is 12.0. The number of nitrogens with zero attached hydrogens (tertiary/aromatic N) is 2. The summed E-state index contributed by atoms with van der Waals surface area (Å²) in [6, 6.07) is 0.0654. The van der Waals surface area contributed by atoms with Gasteiger partial charge < -0.3 is 28.7 Å². The monoisotopic (exact) mass is 290 g/mol. The highest BCUT2D eigenvalue weighted by Crippen LogP contribution is 2.07. The lowest BCUT2D eigenvalue weighted by Gasteiger charge is -2.18. The molecule has 7 nitrogen and oxygen atoms in total. The van der Waals surface area contributed by atoms with Crippen molar-refractivity contribution in [1.29, 1.82) is 0 Å². The molecule has 0 radical (unpaired) electrons. The van der Waals surface area contributed by atoms with Crippen molar-refractivity contribution in [3.8, 4) is 0 Å². The molecule has 1 fully saturated rings. The Morgan fingerprint density at radius 2 is 1.25 bits per heavy atom. The molecule has 20 heavy (non-hydrogen) atoms. The van der Waals surface area contributed by atoms with Gasteiger partial charge in [0, 0.05) is 40.4 Å². The molecule has 0 aliphatic carbocycles. The molecule has 0 saturated carbocycles. The Balaban J connectivity index is 2.06. The van der Waals surface area contributed by atoms with Gasteiger partial charge in [0.15, 0.2) is 0 Å². The molecule has 1 aliphatic heterocycles. The maximum Gasteiger partial charge on any atom is 0.320 e. The average molecular weight is 290 g/mol. The van der Waals surface area contributed by atoms with E-state index in [0.29, 0.717) is 52.7 Å². The molecule has 1 saturated heterocycles. The molecule has 0 aromatic rings. The summed E-state index contributed by atoms with van der Waals surface area (Å²) in [5.41, 5.74) is 0. The van der Waals surface area contributed by atoms with Gasteiger partial charge in [-0.1, -0.05) is 0 Å². The second-order valence-electron chi connectivity index (χ2n) is 4.47. The number of rotatable bonds is 12. The Bertz CT molecular complexity index is 241. The number of hydrogen-bond acceptors (Lipinski definition) is 5. The fourth-order valence-electron chi connectivity index (χ4n) is 1.89. The third-order valence-corrected chi connectivity index (χ3v) is 3.06. The lowest BCUT2D eigenvalue weighted by molar-refractivity contribution is 0.0595. The Labute approximate surface area is 120 Å². The van der Waals surface area contributed by atoms with E-state index in [0.717, 1.165) is 13.1 Å². The van der Waals surface area contributed by atoms with Crippen molar-refractivity contribution in [2.24, 2.45) is 0 Å². The average Bonchev–Trinajstić information content (AvgIpc) is 2.80. The van der Waals surface area contributed by atoms with Gasteiger partial charge in [0.05, 0.1) is 39.6 Å². The van der Waals surface area contributed by atoms with Gasteiger partial charge in [0.2, 0.25) is 0 Å². The van der Waals surface area contributed by atoms with E-state index < -0.39 is 0 Å². The minimum atomic E-state index is 0.0654. The SMILES string of the molecule is COCCOCCN1CCN(CCOCCOC)C1=O. The van der Waals surface area contributed by atoms with Crippen LogP contribution in [0, 0.1) is 0 Å². The number of urea groups is 1. The largest absolute Gasteiger partial charge is 0.382 e. The Kier molecular flexibility index (Phi) is 9.31. The van der Waals surface area contributed by atoms with Crippen LogP contribution in [0.4, 0.5) is 4.79 Å². The van der Waals surface area contributed by atoms with Crippen molar-refractivity contribution >= 4 is 6.03 Å². The molecule has 0 spiro atoms. The van der Waals surface area contributed by atoms with E-state index in [1.54, 1.807) is 14.2 Å². The van der Waals surface area contributed by atoms with E-state index in [1.165, 1.54) is 0 Å². The second-order valence-corrected chi connectivity index (χ2v) is 4.47. The highest BCUT2D eigenvalue weighted by molar-refractivity contribution is 5.76. The highest BCUT2D eigenvalue weighted by atomic mass is 16.5. The van der Waals surface area contributed by atoms with Crippen LogP contribution in [0.3, 0.4) is 0 Å². The van der Waals surface area contributed by atoms with Crippen LogP contribution >= 0.6 is 0 Å². The number of ether oxygens (including phenoxy) is 4. The molecule has 0 unspecified atom stereocenters. The van der Waals surface area contributed by atoms with E-state index in [1.807, 2.05) is 9.80 Å². The van der Waals surface area contributed by atoms with E-state index in [2.05, 4.69) is 0 Å². The highest BCUT2D eigenvalue weighted by Gasteiger charge is 2.27. The molecule has 7 heteroatoms. The van der Waals surface area contributed by atoms with Crippen LogP contribution in [0.1, 0.15) is 0 Å². The van der Waals surface area contributed by atoms with Crippen molar-refractivity contribution < 1.29 is 23.7 Å². The zero-order valence-electron chi connectivity index (χ0n) is 12.5. The van der Waals surface area contributed by atoms with Crippen molar-refractivity contribution in [2.45, 2.75) is 0 Å². The van der Waals surface area contributed by atoms with Crippen molar-refractivity contribution in [3.63, 3.8) is 0 Å². The molecule has 0 aromatic carbocycles. The molecule has 118 valence electrons. The fraction of sp³-hybridized carbons (Fsp3) is 0.923. The summed E-state index contributed by atoms with van der Waals surface area (Å²) in [5, 5.41) is 0. The minimum absolute atomic E-state index is 0.0654. The summed E-state index contributed by atoms with van der Waals surface area (Å²) in [5.74, 6) is 0. The van der Waals surface area contributed by atoms with Gasteiger partial charge in [0.1, 0.15) is 0 Å². The summed E-state index contributed by atoms with van der Waals surface area (Å²) >= 11 is 0. The predicted octanol–water partition coefficient (Wildman–Crippen LogP) is 0.0500. The molecule has 1 heterocycles. The van der Waals surface area contributed by atoms with Gasteiger partial charge >= 0.3 is 6.03 Å². The number of hydrogen-bond donors (Lipinski definition) is 0. The molecule has 2 amide bonds. The third-order valence-electron chi connectivity index (χ3n) is 3.06. The van der Waals surface area contributed by atoms with E-state index >= 15 is 0 Å².